The molecular weight excluding hydrogens is 318 g/mol. The molecule has 5 nitrogen and oxygen atoms in total. The SMILES string of the molecule is CC1=CCCC2(C)CC3OC(=O)C(CN(C)CC4OCCO4)C3C=C12. The first-order valence-corrected chi connectivity index (χ1v) is 9.48. The van der Waals surface area contributed by atoms with Gasteiger partial charge < -0.3 is 19.1 Å². The fraction of sp³-hybridized carbons (Fsp3) is 0.750. The van der Waals surface area contributed by atoms with Gasteiger partial charge in [-0.15, -0.1) is 0 Å². The maximum atomic E-state index is 12.5. The average Bonchev–Trinajstić information content (AvgIpc) is 3.14. The second-order valence-corrected chi connectivity index (χ2v) is 8.32. The standard InChI is InChI=1S/C20H29NO4/c1-13-5-4-6-20(2)10-17-14(9-16(13)20)15(19(22)25-17)11-21(3)12-18-23-7-8-24-18/h5,9,14-15,17-18H,4,6-8,10-12H2,1-3H3. The zero-order chi connectivity index (χ0) is 17.6. The van der Waals surface area contributed by atoms with Gasteiger partial charge in [0.15, 0.2) is 6.29 Å². The zero-order valence-corrected chi connectivity index (χ0v) is 15.5. The number of ether oxygens (including phenoxy) is 3. The van der Waals surface area contributed by atoms with Gasteiger partial charge in [-0.25, -0.2) is 0 Å². The zero-order valence-electron chi connectivity index (χ0n) is 15.5. The van der Waals surface area contributed by atoms with Crippen molar-refractivity contribution >= 4 is 5.97 Å². The molecule has 2 saturated heterocycles. The number of hydrogen-bond donors (Lipinski definition) is 0. The third kappa shape index (κ3) is 3.18. The monoisotopic (exact) mass is 347 g/mol. The summed E-state index contributed by atoms with van der Waals surface area (Å²) < 4.78 is 16.8. The van der Waals surface area contributed by atoms with E-state index >= 15 is 0 Å². The van der Waals surface area contributed by atoms with Crippen LogP contribution in [0, 0.1) is 17.3 Å². The van der Waals surface area contributed by atoms with E-state index in [1.54, 1.807) is 0 Å². The van der Waals surface area contributed by atoms with Gasteiger partial charge in [-0.3, -0.25) is 4.79 Å². The Morgan fingerprint density at radius 3 is 2.80 bits per heavy atom. The summed E-state index contributed by atoms with van der Waals surface area (Å²) in [6.45, 7) is 7.22. The van der Waals surface area contributed by atoms with Crippen molar-refractivity contribution in [3.05, 3.63) is 23.3 Å². The molecule has 4 rings (SSSR count). The summed E-state index contributed by atoms with van der Waals surface area (Å²) in [5, 5.41) is 0. The smallest absolute Gasteiger partial charge is 0.311 e. The maximum absolute atomic E-state index is 12.5. The van der Waals surface area contributed by atoms with Gasteiger partial charge in [0, 0.05) is 19.0 Å². The lowest BCUT2D eigenvalue weighted by atomic mass is 9.62. The van der Waals surface area contributed by atoms with Crippen molar-refractivity contribution in [3.63, 3.8) is 0 Å². The summed E-state index contributed by atoms with van der Waals surface area (Å²) in [5.41, 5.74) is 2.98. The Morgan fingerprint density at radius 2 is 2.04 bits per heavy atom. The molecule has 2 aliphatic carbocycles. The van der Waals surface area contributed by atoms with Crippen molar-refractivity contribution in [2.24, 2.45) is 17.3 Å². The Morgan fingerprint density at radius 1 is 1.28 bits per heavy atom. The molecule has 0 spiro atoms. The first-order chi connectivity index (χ1) is 12.0. The molecular formula is C20H29NO4. The van der Waals surface area contributed by atoms with Crippen LogP contribution in [-0.2, 0) is 19.0 Å². The highest BCUT2D eigenvalue weighted by atomic mass is 16.7. The highest BCUT2D eigenvalue weighted by molar-refractivity contribution is 5.76. The van der Waals surface area contributed by atoms with E-state index < -0.39 is 0 Å². The number of rotatable bonds is 4. The van der Waals surface area contributed by atoms with E-state index in [2.05, 4.69) is 30.9 Å². The molecule has 4 unspecified atom stereocenters. The second kappa shape index (κ2) is 6.53. The van der Waals surface area contributed by atoms with Gasteiger partial charge in [0.25, 0.3) is 0 Å². The number of hydrogen-bond acceptors (Lipinski definition) is 5. The van der Waals surface area contributed by atoms with E-state index in [4.69, 9.17) is 14.2 Å². The van der Waals surface area contributed by atoms with E-state index in [0.717, 1.165) is 19.3 Å². The summed E-state index contributed by atoms with van der Waals surface area (Å²) in [6.07, 6.45) is 7.78. The van der Waals surface area contributed by atoms with Crippen molar-refractivity contribution in [3.8, 4) is 0 Å². The molecule has 5 heteroatoms. The van der Waals surface area contributed by atoms with Gasteiger partial charge in [0.2, 0.25) is 0 Å². The maximum Gasteiger partial charge on any atom is 0.311 e. The molecule has 2 heterocycles. The van der Waals surface area contributed by atoms with Crippen LogP contribution in [0.4, 0.5) is 0 Å². The number of nitrogens with zero attached hydrogens (tertiary/aromatic N) is 1. The molecule has 2 fully saturated rings. The predicted octanol–water partition coefficient (Wildman–Crippen LogP) is 2.53. The van der Waals surface area contributed by atoms with Crippen LogP contribution in [-0.4, -0.2) is 56.6 Å². The Hall–Kier alpha value is -1.17. The lowest BCUT2D eigenvalue weighted by Crippen LogP contribution is -2.40. The molecule has 4 atom stereocenters. The van der Waals surface area contributed by atoms with E-state index in [0.29, 0.717) is 26.3 Å². The average molecular weight is 347 g/mol. The third-order valence-corrected chi connectivity index (χ3v) is 6.36. The number of carbonyl (C=O) groups excluding carboxylic acids is 1. The van der Waals surface area contributed by atoms with Gasteiger partial charge in [-0.05, 0) is 44.2 Å². The Balaban J connectivity index is 1.50. The molecule has 0 aromatic heterocycles. The minimum absolute atomic E-state index is 0.0320. The van der Waals surface area contributed by atoms with Crippen LogP contribution < -0.4 is 0 Å². The van der Waals surface area contributed by atoms with Crippen molar-refractivity contribution in [1.29, 1.82) is 0 Å². The molecule has 0 aromatic rings. The minimum atomic E-state index is -0.172. The Kier molecular flexibility index (Phi) is 4.50. The molecule has 4 aliphatic rings. The highest BCUT2D eigenvalue weighted by Gasteiger charge is 2.51. The van der Waals surface area contributed by atoms with Crippen molar-refractivity contribution in [2.45, 2.75) is 45.5 Å². The van der Waals surface area contributed by atoms with Crippen molar-refractivity contribution in [2.75, 3.05) is 33.4 Å². The first-order valence-electron chi connectivity index (χ1n) is 9.48. The summed E-state index contributed by atoms with van der Waals surface area (Å²) >= 11 is 0. The number of carbonyl (C=O) groups is 1. The third-order valence-electron chi connectivity index (χ3n) is 6.36. The molecule has 138 valence electrons. The fourth-order valence-corrected chi connectivity index (χ4v) is 5.02. The van der Waals surface area contributed by atoms with Gasteiger partial charge >= 0.3 is 5.97 Å². The van der Waals surface area contributed by atoms with Crippen molar-refractivity contribution < 1.29 is 19.0 Å². The number of allylic oxidation sites excluding steroid dienone is 3. The van der Waals surface area contributed by atoms with E-state index in [9.17, 15) is 4.79 Å². The highest BCUT2D eigenvalue weighted by Crippen LogP contribution is 2.52. The van der Waals surface area contributed by atoms with Gasteiger partial charge in [0.1, 0.15) is 6.10 Å². The number of fused-ring (bicyclic) bond motifs is 2. The van der Waals surface area contributed by atoms with Crippen LogP contribution in [0.15, 0.2) is 23.3 Å². The minimum Gasteiger partial charge on any atom is -0.461 e. The Labute approximate surface area is 150 Å². The molecule has 0 amide bonds. The molecule has 0 aromatic carbocycles. The lowest BCUT2D eigenvalue weighted by molar-refractivity contribution is -0.145. The normalized spacial score (nSPS) is 38.2. The van der Waals surface area contributed by atoms with Crippen LogP contribution in [0.3, 0.4) is 0 Å². The summed E-state index contributed by atoms with van der Waals surface area (Å²) in [4.78, 5) is 14.7. The van der Waals surface area contributed by atoms with Gasteiger partial charge in [-0.1, -0.05) is 24.6 Å². The van der Waals surface area contributed by atoms with E-state index in [1.807, 2.05) is 7.05 Å². The predicted molar refractivity (Wildman–Crippen MR) is 93.8 cm³/mol. The quantitative estimate of drug-likeness (QED) is 0.732. The molecule has 25 heavy (non-hydrogen) atoms. The van der Waals surface area contributed by atoms with Crippen LogP contribution in [0.5, 0.6) is 0 Å². The molecule has 0 bridgehead atoms. The first kappa shape index (κ1) is 17.3. The molecule has 0 N–H and O–H groups in total. The van der Waals surface area contributed by atoms with Crippen molar-refractivity contribution in [1.82, 2.24) is 4.90 Å². The van der Waals surface area contributed by atoms with Crippen LogP contribution in [0.1, 0.15) is 33.1 Å². The summed E-state index contributed by atoms with van der Waals surface area (Å²) in [5.74, 6) is 0.0453. The Bertz CT molecular complexity index is 607. The van der Waals surface area contributed by atoms with Crippen LogP contribution >= 0.6 is 0 Å². The van der Waals surface area contributed by atoms with Crippen LogP contribution in [0.25, 0.3) is 0 Å². The van der Waals surface area contributed by atoms with Gasteiger partial charge in [-0.2, -0.15) is 0 Å². The largest absolute Gasteiger partial charge is 0.461 e. The summed E-state index contributed by atoms with van der Waals surface area (Å²) in [7, 11) is 2.03. The topological polar surface area (TPSA) is 48.0 Å². The lowest BCUT2D eigenvalue weighted by Gasteiger charge is -2.43. The fourth-order valence-electron chi connectivity index (χ4n) is 5.02. The number of esters is 1. The van der Waals surface area contributed by atoms with Crippen LogP contribution in [0.2, 0.25) is 0 Å². The van der Waals surface area contributed by atoms with E-state index in [-0.39, 0.29) is 35.6 Å². The van der Waals surface area contributed by atoms with Gasteiger partial charge in [0.05, 0.1) is 19.1 Å². The second-order valence-electron chi connectivity index (χ2n) is 8.32. The number of likely N-dealkylation sites (N-methyl/N-ethyl adjacent to an activating group) is 1. The summed E-state index contributed by atoms with van der Waals surface area (Å²) in [6, 6.07) is 0. The van der Waals surface area contributed by atoms with E-state index in [1.165, 1.54) is 11.1 Å². The molecule has 0 radical (unpaired) electrons. The molecule has 2 aliphatic heterocycles. The molecule has 0 saturated carbocycles.